The molecule has 0 saturated carbocycles. The molecular weight excluding hydrogens is 286 g/mol. The van der Waals surface area contributed by atoms with Gasteiger partial charge < -0.3 is 4.74 Å². The molecular formula is C15H11ClF2O2. The Balaban J connectivity index is 2.31. The van der Waals surface area contributed by atoms with Crippen molar-refractivity contribution in [1.82, 2.24) is 0 Å². The summed E-state index contributed by atoms with van der Waals surface area (Å²) >= 11 is 5.45. The van der Waals surface area contributed by atoms with Gasteiger partial charge in [-0.05, 0) is 18.2 Å². The van der Waals surface area contributed by atoms with Crippen molar-refractivity contribution < 1.29 is 18.3 Å². The number of ketones is 1. The lowest BCUT2D eigenvalue weighted by Gasteiger charge is -2.08. The zero-order chi connectivity index (χ0) is 14.7. The third kappa shape index (κ3) is 2.96. The van der Waals surface area contributed by atoms with Crippen LogP contribution in [0.25, 0.3) is 0 Å². The molecule has 0 aliphatic rings. The number of carbonyl (C=O) groups excluding carboxylic acids is 1. The third-order valence-electron chi connectivity index (χ3n) is 2.85. The first-order valence-electron chi connectivity index (χ1n) is 5.82. The van der Waals surface area contributed by atoms with E-state index in [0.29, 0.717) is 11.3 Å². The molecule has 0 unspecified atom stereocenters. The normalized spacial score (nSPS) is 10.4. The van der Waals surface area contributed by atoms with Crippen LogP contribution in [0.5, 0.6) is 5.75 Å². The van der Waals surface area contributed by atoms with E-state index in [2.05, 4.69) is 0 Å². The average Bonchev–Trinajstić information content (AvgIpc) is 2.43. The van der Waals surface area contributed by atoms with Crippen LogP contribution >= 0.6 is 11.6 Å². The third-order valence-corrected chi connectivity index (χ3v) is 3.14. The van der Waals surface area contributed by atoms with Gasteiger partial charge in [-0.3, -0.25) is 4.79 Å². The van der Waals surface area contributed by atoms with Crippen LogP contribution < -0.4 is 4.74 Å². The molecule has 0 radical (unpaired) electrons. The molecule has 2 rings (SSSR count). The number of benzene rings is 2. The maximum Gasteiger partial charge on any atom is 0.170 e. The van der Waals surface area contributed by atoms with Gasteiger partial charge in [-0.15, -0.1) is 0 Å². The molecule has 0 saturated heterocycles. The predicted molar refractivity (Wildman–Crippen MR) is 72.4 cm³/mol. The first-order valence-corrected chi connectivity index (χ1v) is 6.20. The Kier molecular flexibility index (Phi) is 4.35. The lowest BCUT2D eigenvalue weighted by atomic mass is 10.0. The van der Waals surface area contributed by atoms with Crippen LogP contribution in [-0.2, 0) is 6.42 Å². The van der Waals surface area contributed by atoms with E-state index in [-0.39, 0.29) is 17.0 Å². The summed E-state index contributed by atoms with van der Waals surface area (Å²) in [6.07, 6.45) is -0.0813. The minimum atomic E-state index is -0.837. The lowest BCUT2D eigenvalue weighted by Crippen LogP contribution is -2.08. The van der Waals surface area contributed by atoms with E-state index in [9.17, 15) is 13.6 Å². The predicted octanol–water partition coefficient (Wildman–Crippen LogP) is 4.05. The summed E-state index contributed by atoms with van der Waals surface area (Å²) in [5.41, 5.74) is 0.285. The van der Waals surface area contributed by atoms with Crippen LogP contribution in [0, 0.1) is 11.6 Å². The van der Waals surface area contributed by atoms with E-state index in [1.54, 1.807) is 24.3 Å². The fraction of sp³-hybridized carbons (Fsp3) is 0.133. The Labute approximate surface area is 119 Å². The lowest BCUT2D eigenvalue weighted by molar-refractivity contribution is 0.0987. The Morgan fingerprint density at radius 1 is 1.20 bits per heavy atom. The summed E-state index contributed by atoms with van der Waals surface area (Å²) < 4.78 is 32.1. The van der Waals surface area contributed by atoms with Crippen LogP contribution in [0.2, 0.25) is 5.02 Å². The van der Waals surface area contributed by atoms with Crippen LogP contribution in [0.4, 0.5) is 8.78 Å². The van der Waals surface area contributed by atoms with Crippen molar-refractivity contribution >= 4 is 17.4 Å². The Morgan fingerprint density at radius 2 is 1.90 bits per heavy atom. The summed E-state index contributed by atoms with van der Waals surface area (Å²) in [4.78, 5) is 12.1. The highest BCUT2D eigenvalue weighted by molar-refractivity contribution is 6.30. The van der Waals surface area contributed by atoms with E-state index in [4.69, 9.17) is 16.3 Å². The van der Waals surface area contributed by atoms with Crippen LogP contribution in [0.15, 0.2) is 36.4 Å². The molecule has 104 valence electrons. The Bertz CT molecular complexity index is 656. The van der Waals surface area contributed by atoms with Crippen molar-refractivity contribution in [2.24, 2.45) is 0 Å². The van der Waals surface area contributed by atoms with Crippen molar-refractivity contribution in [3.8, 4) is 5.75 Å². The molecule has 20 heavy (non-hydrogen) atoms. The number of hydrogen-bond acceptors (Lipinski definition) is 2. The molecule has 0 N–H and O–H groups in total. The quantitative estimate of drug-likeness (QED) is 0.628. The summed E-state index contributed by atoms with van der Waals surface area (Å²) in [6, 6.07) is 8.50. The van der Waals surface area contributed by atoms with Gasteiger partial charge in [-0.2, -0.15) is 0 Å². The van der Waals surface area contributed by atoms with Crippen LogP contribution in [-0.4, -0.2) is 12.9 Å². The van der Waals surface area contributed by atoms with Crippen molar-refractivity contribution in [1.29, 1.82) is 0 Å². The highest BCUT2D eigenvalue weighted by Gasteiger charge is 2.17. The fourth-order valence-corrected chi connectivity index (χ4v) is 2.00. The van der Waals surface area contributed by atoms with Crippen molar-refractivity contribution in [3.05, 3.63) is 64.2 Å². The Hall–Kier alpha value is -1.94. The first-order chi connectivity index (χ1) is 9.52. The minimum Gasteiger partial charge on any atom is -0.496 e. The molecule has 0 heterocycles. The van der Waals surface area contributed by atoms with Crippen LogP contribution in [0.3, 0.4) is 0 Å². The molecule has 0 amide bonds. The molecule has 2 aromatic carbocycles. The Morgan fingerprint density at radius 3 is 2.60 bits per heavy atom. The number of carbonyl (C=O) groups is 1. The van der Waals surface area contributed by atoms with Gasteiger partial charge in [-0.25, -0.2) is 8.78 Å². The van der Waals surface area contributed by atoms with Gasteiger partial charge in [0, 0.05) is 12.0 Å². The highest BCUT2D eigenvalue weighted by atomic mass is 35.5. The van der Waals surface area contributed by atoms with Crippen molar-refractivity contribution in [2.75, 3.05) is 7.11 Å². The van der Waals surface area contributed by atoms with E-state index >= 15 is 0 Å². The van der Waals surface area contributed by atoms with Gasteiger partial charge in [0.2, 0.25) is 0 Å². The summed E-state index contributed by atoms with van der Waals surface area (Å²) in [6.45, 7) is 0. The fourth-order valence-electron chi connectivity index (χ4n) is 1.85. The number of halogens is 3. The largest absolute Gasteiger partial charge is 0.496 e. The topological polar surface area (TPSA) is 26.3 Å². The second kappa shape index (κ2) is 6.01. The maximum absolute atomic E-state index is 13.7. The van der Waals surface area contributed by atoms with Gasteiger partial charge in [0.25, 0.3) is 0 Å². The number of rotatable bonds is 4. The number of hydrogen-bond donors (Lipinski definition) is 0. The monoisotopic (exact) mass is 296 g/mol. The summed E-state index contributed by atoms with van der Waals surface area (Å²) in [7, 11) is 1.48. The van der Waals surface area contributed by atoms with Gasteiger partial charge in [0.15, 0.2) is 5.78 Å². The molecule has 2 nitrogen and oxygen atoms in total. The zero-order valence-corrected chi connectivity index (χ0v) is 11.4. The molecule has 2 aromatic rings. The first kappa shape index (κ1) is 14.5. The summed E-state index contributed by atoms with van der Waals surface area (Å²) in [5, 5.41) is -0.351. The number of methoxy groups -OCH3 is 1. The molecule has 0 aliphatic heterocycles. The van der Waals surface area contributed by atoms with Gasteiger partial charge >= 0.3 is 0 Å². The van der Waals surface area contributed by atoms with E-state index in [1.807, 2.05) is 0 Å². The van der Waals surface area contributed by atoms with Gasteiger partial charge in [0.05, 0.1) is 17.7 Å². The standard InChI is InChI=1S/C15H11ClF2O2/c1-20-15-5-3-2-4-9(15)6-14(19)10-7-13(18)11(16)8-12(10)17/h2-5,7-8H,6H2,1H3. The van der Waals surface area contributed by atoms with Gasteiger partial charge in [-0.1, -0.05) is 29.8 Å². The maximum atomic E-state index is 13.7. The minimum absolute atomic E-state index is 0.0813. The van der Waals surface area contributed by atoms with E-state index in [1.165, 1.54) is 7.11 Å². The second-order valence-corrected chi connectivity index (χ2v) is 4.57. The van der Waals surface area contributed by atoms with E-state index in [0.717, 1.165) is 12.1 Å². The van der Waals surface area contributed by atoms with Gasteiger partial charge in [0.1, 0.15) is 17.4 Å². The average molecular weight is 297 g/mol. The zero-order valence-electron chi connectivity index (χ0n) is 10.6. The molecule has 0 bridgehead atoms. The van der Waals surface area contributed by atoms with Crippen molar-refractivity contribution in [3.63, 3.8) is 0 Å². The highest BCUT2D eigenvalue weighted by Crippen LogP contribution is 2.23. The van der Waals surface area contributed by atoms with Crippen LogP contribution in [0.1, 0.15) is 15.9 Å². The van der Waals surface area contributed by atoms with E-state index < -0.39 is 17.4 Å². The number of ether oxygens (including phenoxy) is 1. The van der Waals surface area contributed by atoms with Crippen molar-refractivity contribution in [2.45, 2.75) is 6.42 Å². The molecule has 0 atom stereocenters. The number of para-hydroxylation sites is 1. The second-order valence-electron chi connectivity index (χ2n) is 4.16. The number of Topliss-reactive ketones (excluding diaryl/α,β-unsaturated/α-hetero) is 1. The molecule has 0 aliphatic carbocycles. The molecule has 0 fully saturated rings. The molecule has 5 heteroatoms. The molecule has 0 spiro atoms. The SMILES string of the molecule is COc1ccccc1CC(=O)c1cc(F)c(Cl)cc1F. The smallest absolute Gasteiger partial charge is 0.170 e. The summed E-state index contributed by atoms with van der Waals surface area (Å²) in [5.74, 6) is -1.67. The molecule has 0 aromatic heterocycles.